The summed E-state index contributed by atoms with van der Waals surface area (Å²) in [5.41, 5.74) is -2.79. The standard InChI is InChI=1S/C29H35F3N7O5P/c1-8-10-22(42-45(41,43-27(2,3)4)44-28(5,6)7)39-24(37-23-25(39)35-21(14-33)36-26(23)40)19-15-34-38(17-19)16-18-11-9-12-20(13-18)29(30,31)32/h9,11-13,15,17,22H,8,10,16H2,1-7H3,(H,35,36,40). The number of fused-ring (bicyclic) bond motifs is 1. The van der Waals surface area contributed by atoms with Crippen molar-refractivity contribution in [2.45, 2.75) is 91.5 Å². The molecule has 0 aliphatic heterocycles. The summed E-state index contributed by atoms with van der Waals surface area (Å²) in [6.45, 7) is 12.0. The lowest BCUT2D eigenvalue weighted by Crippen LogP contribution is -2.26. The van der Waals surface area contributed by atoms with Crippen LogP contribution in [0.15, 0.2) is 41.5 Å². The highest BCUT2D eigenvalue weighted by molar-refractivity contribution is 7.48. The number of hydrogen-bond acceptors (Lipinski definition) is 9. The SMILES string of the molecule is CCCC(OP(=O)(OC(C)(C)C)OC(C)(C)C)n1c(-c2cnn(Cc3cccc(C(F)(F)F)c3)c2)nc2c(=O)[nH]c(C#N)nc21. The van der Waals surface area contributed by atoms with Crippen molar-refractivity contribution in [3.8, 4) is 17.5 Å². The normalized spacial score (nSPS) is 13.7. The number of nitrogens with one attached hydrogen (secondary N) is 1. The van der Waals surface area contributed by atoms with Gasteiger partial charge in [-0.25, -0.2) is 14.5 Å². The highest BCUT2D eigenvalue weighted by Crippen LogP contribution is 2.58. The summed E-state index contributed by atoms with van der Waals surface area (Å²) < 4.78 is 74.7. The molecule has 45 heavy (non-hydrogen) atoms. The van der Waals surface area contributed by atoms with Crippen LogP contribution in [0.4, 0.5) is 13.2 Å². The van der Waals surface area contributed by atoms with E-state index in [9.17, 15) is 27.8 Å². The van der Waals surface area contributed by atoms with E-state index in [-0.39, 0.29) is 35.8 Å². The molecule has 0 fully saturated rings. The molecule has 1 N–H and O–H groups in total. The molecule has 0 spiro atoms. The number of aromatic amines is 1. The topological polar surface area (TPSA) is 150 Å². The molecule has 4 rings (SSSR count). The Hall–Kier alpha value is -3.83. The third kappa shape index (κ3) is 8.46. The van der Waals surface area contributed by atoms with Gasteiger partial charge in [0.25, 0.3) is 5.56 Å². The van der Waals surface area contributed by atoms with Crippen molar-refractivity contribution in [2.24, 2.45) is 0 Å². The number of halogens is 3. The average Bonchev–Trinajstić information content (AvgIpc) is 3.50. The van der Waals surface area contributed by atoms with E-state index in [0.29, 0.717) is 17.5 Å². The first-order chi connectivity index (χ1) is 20.8. The van der Waals surface area contributed by atoms with Crippen LogP contribution in [-0.2, 0) is 30.9 Å². The highest BCUT2D eigenvalue weighted by Gasteiger charge is 2.41. The minimum Gasteiger partial charge on any atom is -0.296 e. The fourth-order valence-corrected chi connectivity index (χ4v) is 6.43. The van der Waals surface area contributed by atoms with Gasteiger partial charge < -0.3 is 0 Å². The number of rotatable bonds is 10. The Balaban J connectivity index is 1.86. The van der Waals surface area contributed by atoms with Crippen molar-refractivity contribution in [3.63, 3.8) is 0 Å². The molecule has 1 atom stereocenters. The number of H-pyrrole nitrogens is 1. The van der Waals surface area contributed by atoms with Crippen molar-refractivity contribution >= 4 is 19.0 Å². The van der Waals surface area contributed by atoms with Gasteiger partial charge in [0.15, 0.2) is 11.2 Å². The third-order valence-corrected chi connectivity index (χ3v) is 8.04. The van der Waals surface area contributed by atoms with Crippen LogP contribution < -0.4 is 5.56 Å². The maximum Gasteiger partial charge on any atom is 0.477 e. The van der Waals surface area contributed by atoms with E-state index in [1.165, 1.54) is 27.7 Å². The molecule has 4 aromatic rings. The number of aromatic nitrogens is 6. The fraction of sp³-hybridized carbons (Fsp3) is 0.483. The number of imidazole rings is 1. The number of nitriles is 1. The Morgan fingerprint density at radius 2 is 1.76 bits per heavy atom. The summed E-state index contributed by atoms with van der Waals surface area (Å²) in [7, 11) is -4.31. The summed E-state index contributed by atoms with van der Waals surface area (Å²) in [5, 5.41) is 13.8. The number of benzene rings is 1. The minimum absolute atomic E-state index is 0.00446. The lowest BCUT2D eigenvalue weighted by Gasteiger charge is -2.33. The highest BCUT2D eigenvalue weighted by atomic mass is 31.2. The van der Waals surface area contributed by atoms with E-state index in [1.54, 1.807) is 47.6 Å². The average molecular weight is 650 g/mol. The number of hydrogen-bond donors (Lipinski definition) is 1. The van der Waals surface area contributed by atoms with Crippen molar-refractivity contribution in [1.29, 1.82) is 5.26 Å². The van der Waals surface area contributed by atoms with Crippen molar-refractivity contribution in [3.05, 3.63) is 64.0 Å². The van der Waals surface area contributed by atoms with Gasteiger partial charge in [0.1, 0.15) is 18.1 Å². The van der Waals surface area contributed by atoms with Gasteiger partial charge in [-0.1, -0.05) is 25.5 Å². The van der Waals surface area contributed by atoms with Gasteiger partial charge in [-0.3, -0.25) is 32.6 Å². The first kappa shape index (κ1) is 34.1. The summed E-state index contributed by atoms with van der Waals surface area (Å²) in [6, 6.07) is 6.70. The van der Waals surface area contributed by atoms with Crippen molar-refractivity contribution < 1.29 is 31.3 Å². The predicted octanol–water partition coefficient (Wildman–Crippen LogP) is 6.98. The van der Waals surface area contributed by atoms with Crippen molar-refractivity contribution in [1.82, 2.24) is 29.3 Å². The Morgan fingerprint density at radius 3 is 2.33 bits per heavy atom. The second kappa shape index (κ2) is 12.5. The molecule has 0 radical (unpaired) electrons. The van der Waals surface area contributed by atoms with E-state index in [0.717, 1.165) is 12.1 Å². The molecule has 242 valence electrons. The zero-order valence-electron chi connectivity index (χ0n) is 26.0. The molecule has 12 nitrogen and oxygen atoms in total. The molecule has 0 bridgehead atoms. The van der Waals surface area contributed by atoms with E-state index >= 15 is 0 Å². The quantitative estimate of drug-likeness (QED) is 0.180. The summed E-state index contributed by atoms with van der Waals surface area (Å²) >= 11 is 0. The fourth-order valence-electron chi connectivity index (χ4n) is 4.47. The van der Waals surface area contributed by atoms with Crippen LogP contribution in [0.3, 0.4) is 0 Å². The van der Waals surface area contributed by atoms with Crippen LogP contribution in [0.5, 0.6) is 0 Å². The first-order valence-corrected chi connectivity index (χ1v) is 15.6. The number of alkyl halides is 3. The molecule has 0 saturated heterocycles. The van der Waals surface area contributed by atoms with Gasteiger partial charge in [-0.15, -0.1) is 0 Å². The summed E-state index contributed by atoms with van der Waals surface area (Å²) in [6.07, 6.45) is -1.91. The van der Waals surface area contributed by atoms with Crippen LogP contribution in [0.2, 0.25) is 0 Å². The van der Waals surface area contributed by atoms with Crippen LogP contribution in [0, 0.1) is 11.3 Å². The largest absolute Gasteiger partial charge is 0.477 e. The Bertz CT molecular complexity index is 1810. The van der Waals surface area contributed by atoms with Gasteiger partial charge in [0, 0.05) is 6.20 Å². The van der Waals surface area contributed by atoms with Gasteiger partial charge in [0.05, 0.1) is 35.1 Å². The van der Waals surface area contributed by atoms with Crippen LogP contribution >= 0.6 is 7.82 Å². The predicted molar refractivity (Wildman–Crippen MR) is 159 cm³/mol. The molecule has 3 aromatic heterocycles. The molecule has 16 heteroatoms. The van der Waals surface area contributed by atoms with Crippen LogP contribution in [-0.4, -0.2) is 40.5 Å². The van der Waals surface area contributed by atoms with E-state index in [4.69, 9.17) is 13.6 Å². The van der Waals surface area contributed by atoms with E-state index in [1.807, 2.05) is 13.0 Å². The Labute approximate surface area is 257 Å². The molecule has 0 amide bonds. The maximum absolute atomic E-state index is 14.2. The molecule has 1 unspecified atom stereocenters. The Kier molecular flexibility index (Phi) is 9.47. The zero-order valence-corrected chi connectivity index (χ0v) is 26.9. The first-order valence-electron chi connectivity index (χ1n) is 14.1. The third-order valence-electron chi connectivity index (χ3n) is 5.99. The van der Waals surface area contributed by atoms with Gasteiger partial charge >= 0.3 is 14.0 Å². The number of phosphoric acid groups is 1. The molecular weight excluding hydrogens is 614 g/mol. The lowest BCUT2D eigenvalue weighted by molar-refractivity contribution is -0.137. The number of nitrogens with zero attached hydrogens (tertiary/aromatic N) is 6. The molecule has 0 saturated carbocycles. The molecule has 0 aliphatic carbocycles. The second-order valence-electron chi connectivity index (χ2n) is 12.3. The maximum atomic E-state index is 14.2. The molecular formula is C29H35F3N7O5P. The lowest BCUT2D eigenvalue weighted by atomic mass is 10.1. The van der Waals surface area contributed by atoms with Crippen LogP contribution in [0.1, 0.15) is 84.5 Å². The second-order valence-corrected chi connectivity index (χ2v) is 13.8. The van der Waals surface area contributed by atoms with E-state index in [2.05, 4.69) is 20.1 Å². The molecule has 0 aliphatic rings. The number of phosphoric ester groups is 1. The van der Waals surface area contributed by atoms with Crippen LogP contribution in [0.25, 0.3) is 22.6 Å². The summed E-state index contributed by atoms with van der Waals surface area (Å²) in [5.74, 6) is -0.152. The van der Waals surface area contributed by atoms with Gasteiger partial charge in [-0.05, 0) is 65.7 Å². The van der Waals surface area contributed by atoms with Gasteiger partial charge in [0.2, 0.25) is 5.82 Å². The zero-order chi connectivity index (χ0) is 33.4. The van der Waals surface area contributed by atoms with Gasteiger partial charge in [-0.2, -0.15) is 23.5 Å². The monoisotopic (exact) mass is 649 g/mol. The molecule has 3 heterocycles. The smallest absolute Gasteiger partial charge is 0.296 e. The van der Waals surface area contributed by atoms with Crippen molar-refractivity contribution in [2.75, 3.05) is 0 Å². The minimum atomic E-state index is -4.50. The summed E-state index contributed by atoms with van der Waals surface area (Å²) in [4.78, 5) is 24.1. The Morgan fingerprint density at radius 1 is 1.09 bits per heavy atom. The van der Waals surface area contributed by atoms with E-state index < -0.39 is 42.6 Å². The molecule has 1 aromatic carbocycles.